The molecule has 1 atom stereocenters. The number of nitrogens with two attached hydrogens (primary N) is 1. The van der Waals surface area contributed by atoms with Gasteiger partial charge in [0.1, 0.15) is 10.6 Å². The van der Waals surface area contributed by atoms with Crippen LogP contribution in [0, 0.1) is 5.92 Å². The van der Waals surface area contributed by atoms with Crippen molar-refractivity contribution < 1.29 is 0 Å². The second kappa shape index (κ2) is 6.46. The van der Waals surface area contributed by atoms with E-state index in [9.17, 15) is 4.79 Å². The molecule has 1 aliphatic rings. The van der Waals surface area contributed by atoms with E-state index < -0.39 is 0 Å². The Morgan fingerprint density at radius 1 is 1.44 bits per heavy atom. The van der Waals surface area contributed by atoms with E-state index >= 15 is 0 Å². The Morgan fingerprint density at radius 3 is 3.08 bits per heavy atom. The molecule has 5 nitrogen and oxygen atoms in total. The lowest BCUT2D eigenvalue weighted by molar-refractivity contribution is 0.509. The van der Waals surface area contributed by atoms with E-state index in [1.807, 2.05) is 6.07 Å². The molecule has 0 bridgehead atoms. The Morgan fingerprint density at radius 2 is 2.28 bits per heavy atom. The molecule has 3 heterocycles. The van der Waals surface area contributed by atoms with Crippen LogP contribution in [0.5, 0.6) is 0 Å². The molecule has 0 aliphatic heterocycles. The van der Waals surface area contributed by atoms with Crippen LogP contribution in [-0.4, -0.2) is 14.5 Å². The average molecular weight is 373 g/mol. The summed E-state index contributed by atoms with van der Waals surface area (Å²) in [7, 11) is 1.75. The molecule has 0 fully saturated rings. The SMILES string of the molecule is C[C@H]1CCc2c(sc3nc(SCc4ccn(C)c(=O)c4)nc(N)c23)C1. The van der Waals surface area contributed by atoms with Gasteiger partial charge in [-0.3, -0.25) is 4.79 Å². The Labute approximate surface area is 154 Å². The Hall–Kier alpha value is -1.86. The molecular weight excluding hydrogens is 352 g/mol. The van der Waals surface area contributed by atoms with Crippen LogP contribution in [0.3, 0.4) is 0 Å². The van der Waals surface area contributed by atoms with Crippen molar-refractivity contribution >= 4 is 39.1 Å². The van der Waals surface area contributed by atoms with Crippen LogP contribution in [0.2, 0.25) is 0 Å². The van der Waals surface area contributed by atoms with Gasteiger partial charge in [-0.25, -0.2) is 9.97 Å². The molecule has 0 spiro atoms. The third-order valence-corrected chi connectivity index (χ3v) is 6.77. The van der Waals surface area contributed by atoms with Crippen LogP contribution in [0.1, 0.15) is 29.3 Å². The molecule has 3 aromatic rings. The highest BCUT2D eigenvalue weighted by Gasteiger charge is 2.23. The van der Waals surface area contributed by atoms with E-state index in [4.69, 9.17) is 10.7 Å². The van der Waals surface area contributed by atoms with Gasteiger partial charge < -0.3 is 10.3 Å². The van der Waals surface area contributed by atoms with Gasteiger partial charge in [0.25, 0.3) is 5.56 Å². The van der Waals surface area contributed by atoms with Gasteiger partial charge in [0.15, 0.2) is 5.16 Å². The van der Waals surface area contributed by atoms with Crippen molar-refractivity contribution in [2.45, 2.75) is 37.1 Å². The number of thioether (sulfide) groups is 1. The Kier molecular flexibility index (Phi) is 4.29. The largest absolute Gasteiger partial charge is 0.383 e. The third-order valence-electron chi connectivity index (χ3n) is 4.70. The summed E-state index contributed by atoms with van der Waals surface area (Å²) >= 11 is 3.28. The normalized spacial score (nSPS) is 17.0. The van der Waals surface area contributed by atoms with Gasteiger partial charge in [0.2, 0.25) is 0 Å². The minimum atomic E-state index is -0.00552. The molecule has 1 aliphatic carbocycles. The van der Waals surface area contributed by atoms with Crippen LogP contribution in [-0.2, 0) is 25.6 Å². The van der Waals surface area contributed by atoms with Crippen LogP contribution >= 0.6 is 23.1 Å². The fourth-order valence-corrected chi connectivity index (χ4v) is 5.48. The van der Waals surface area contributed by atoms with Crippen molar-refractivity contribution in [1.29, 1.82) is 0 Å². The monoisotopic (exact) mass is 372 g/mol. The van der Waals surface area contributed by atoms with Crippen LogP contribution in [0.25, 0.3) is 10.2 Å². The van der Waals surface area contributed by atoms with Gasteiger partial charge in [-0.2, -0.15) is 0 Å². The number of anilines is 1. The number of rotatable bonds is 3. The molecule has 130 valence electrons. The molecule has 7 heteroatoms. The minimum absolute atomic E-state index is 0.00552. The summed E-state index contributed by atoms with van der Waals surface area (Å²) in [6, 6.07) is 3.60. The molecule has 25 heavy (non-hydrogen) atoms. The first-order chi connectivity index (χ1) is 12.0. The second-order valence-electron chi connectivity index (χ2n) is 6.70. The van der Waals surface area contributed by atoms with Crippen molar-refractivity contribution in [2.75, 3.05) is 5.73 Å². The van der Waals surface area contributed by atoms with Gasteiger partial charge in [0.05, 0.1) is 5.39 Å². The first-order valence-corrected chi connectivity index (χ1v) is 10.2. The zero-order valence-electron chi connectivity index (χ0n) is 14.3. The van der Waals surface area contributed by atoms with Gasteiger partial charge in [-0.15, -0.1) is 11.3 Å². The maximum Gasteiger partial charge on any atom is 0.250 e. The summed E-state index contributed by atoms with van der Waals surface area (Å²) in [5.41, 5.74) is 8.58. The van der Waals surface area contributed by atoms with E-state index in [-0.39, 0.29) is 5.56 Å². The summed E-state index contributed by atoms with van der Waals surface area (Å²) in [5, 5.41) is 1.74. The number of thiophene rings is 1. The lowest BCUT2D eigenvalue weighted by Gasteiger charge is -2.17. The number of pyridine rings is 1. The van der Waals surface area contributed by atoms with Crippen LogP contribution < -0.4 is 11.3 Å². The Balaban J connectivity index is 1.62. The molecule has 0 amide bonds. The number of fused-ring (bicyclic) bond motifs is 3. The smallest absolute Gasteiger partial charge is 0.250 e. The Bertz CT molecular complexity index is 1010. The van der Waals surface area contributed by atoms with Gasteiger partial charge in [-0.05, 0) is 42.4 Å². The van der Waals surface area contributed by atoms with E-state index in [2.05, 4.69) is 11.9 Å². The number of nitrogens with zero attached hydrogens (tertiary/aromatic N) is 3. The first-order valence-electron chi connectivity index (χ1n) is 8.37. The second-order valence-corrected chi connectivity index (χ2v) is 8.72. The minimum Gasteiger partial charge on any atom is -0.383 e. The average Bonchev–Trinajstić information content (AvgIpc) is 2.93. The van der Waals surface area contributed by atoms with Crippen molar-refractivity contribution in [3.63, 3.8) is 0 Å². The van der Waals surface area contributed by atoms with Crippen molar-refractivity contribution in [1.82, 2.24) is 14.5 Å². The van der Waals surface area contributed by atoms with E-state index in [0.717, 1.165) is 34.5 Å². The highest BCUT2D eigenvalue weighted by Crippen LogP contribution is 2.40. The zero-order chi connectivity index (χ0) is 17.6. The lowest BCUT2D eigenvalue weighted by Crippen LogP contribution is -2.14. The maximum absolute atomic E-state index is 11.7. The predicted molar refractivity (Wildman–Crippen MR) is 104 cm³/mol. The molecule has 3 aromatic heterocycles. The van der Waals surface area contributed by atoms with Crippen molar-refractivity contribution in [3.8, 4) is 0 Å². The lowest BCUT2D eigenvalue weighted by atomic mass is 9.89. The van der Waals surface area contributed by atoms with Crippen molar-refractivity contribution in [3.05, 3.63) is 44.7 Å². The zero-order valence-corrected chi connectivity index (χ0v) is 15.9. The topological polar surface area (TPSA) is 73.8 Å². The predicted octanol–water partition coefficient (Wildman–Crippen LogP) is 3.39. The highest BCUT2D eigenvalue weighted by atomic mass is 32.2. The van der Waals surface area contributed by atoms with Crippen molar-refractivity contribution in [2.24, 2.45) is 13.0 Å². The highest BCUT2D eigenvalue weighted by molar-refractivity contribution is 7.98. The molecule has 4 rings (SSSR count). The molecule has 0 unspecified atom stereocenters. The fraction of sp³-hybridized carbons (Fsp3) is 0.389. The van der Waals surface area contributed by atoms with Crippen LogP contribution in [0.15, 0.2) is 28.3 Å². The quantitative estimate of drug-likeness (QED) is 0.563. The molecule has 0 saturated heterocycles. The first kappa shape index (κ1) is 16.6. The van der Waals surface area contributed by atoms with Crippen LogP contribution in [0.4, 0.5) is 5.82 Å². The summed E-state index contributed by atoms with van der Waals surface area (Å²) in [6.07, 6.45) is 5.18. The standard InChI is InChI=1S/C18H20N4OS2/c1-10-3-4-12-13(7-10)25-17-15(12)16(19)20-18(21-17)24-9-11-5-6-22(2)14(23)8-11/h5-6,8,10H,3-4,7,9H2,1-2H3,(H2,19,20,21)/t10-/m0/s1. The number of aromatic nitrogens is 3. The maximum atomic E-state index is 11.7. The summed E-state index contributed by atoms with van der Waals surface area (Å²) in [4.78, 5) is 23.4. The molecule has 0 saturated carbocycles. The number of nitrogen functional groups attached to an aromatic ring is 1. The van der Waals surface area contributed by atoms with E-state index in [0.29, 0.717) is 16.7 Å². The number of hydrogen-bond acceptors (Lipinski definition) is 6. The summed E-state index contributed by atoms with van der Waals surface area (Å²) < 4.78 is 1.56. The third kappa shape index (κ3) is 3.18. The van der Waals surface area contributed by atoms with E-state index in [1.165, 1.54) is 28.6 Å². The summed E-state index contributed by atoms with van der Waals surface area (Å²) in [6.45, 7) is 2.30. The molecule has 2 N–H and O–H groups in total. The molecule has 0 aromatic carbocycles. The molecule has 0 radical (unpaired) electrons. The van der Waals surface area contributed by atoms with Gasteiger partial charge in [0, 0.05) is 29.9 Å². The summed E-state index contributed by atoms with van der Waals surface area (Å²) in [5.74, 6) is 1.97. The fourth-order valence-electron chi connectivity index (χ4n) is 3.24. The number of aryl methyl sites for hydroxylation is 2. The van der Waals surface area contributed by atoms with Gasteiger partial charge >= 0.3 is 0 Å². The number of hydrogen-bond donors (Lipinski definition) is 1. The molecular formula is C18H20N4OS2. The van der Waals surface area contributed by atoms with Gasteiger partial charge in [-0.1, -0.05) is 18.7 Å². The van der Waals surface area contributed by atoms with E-state index in [1.54, 1.807) is 35.2 Å².